The maximum Gasteiger partial charge on any atom is 0.573 e. The maximum absolute atomic E-state index is 13.1. The number of halogens is 3. The van der Waals surface area contributed by atoms with E-state index in [0.29, 0.717) is 35.7 Å². The molecule has 0 saturated carbocycles. The van der Waals surface area contributed by atoms with Crippen molar-refractivity contribution in [1.29, 1.82) is 0 Å². The molecular formula is C28H31F3O4S. The molecule has 36 heavy (non-hydrogen) atoms. The first-order chi connectivity index (χ1) is 17.1. The van der Waals surface area contributed by atoms with E-state index in [9.17, 15) is 18.0 Å². The zero-order valence-corrected chi connectivity index (χ0v) is 21.6. The monoisotopic (exact) mass is 520 g/mol. The van der Waals surface area contributed by atoms with E-state index in [4.69, 9.17) is 9.15 Å². The van der Waals surface area contributed by atoms with Crippen molar-refractivity contribution >= 4 is 28.7 Å². The Labute approximate surface area is 213 Å². The van der Waals surface area contributed by atoms with Crippen molar-refractivity contribution in [2.24, 2.45) is 5.92 Å². The lowest BCUT2D eigenvalue weighted by Gasteiger charge is -2.13. The Bertz CT molecular complexity index is 1200. The molecule has 0 aliphatic carbocycles. The summed E-state index contributed by atoms with van der Waals surface area (Å²) in [6, 6.07) is 12.3. The number of furan rings is 1. The normalized spacial score (nSPS) is 12.5. The molecule has 0 radical (unpaired) electrons. The number of benzene rings is 2. The second kappa shape index (κ2) is 12.4. The largest absolute Gasteiger partial charge is 0.573 e. The van der Waals surface area contributed by atoms with E-state index >= 15 is 0 Å². The van der Waals surface area contributed by atoms with Gasteiger partial charge in [0.2, 0.25) is 0 Å². The van der Waals surface area contributed by atoms with Crippen LogP contribution < -0.4 is 4.74 Å². The van der Waals surface area contributed by atoms with Crippen molar-refractivity contribution in [1.82, 2.24) is 0 Å². The number of unbranched alkanes of at least 4 members (excludes halogenated alkanes) is 2. The van der Waals surface area contributed by atoms with E-state index in [2.05, 4.69) is 18.2 Å². The summed E-state index contributed by atoms with van der Waals surface area (Å²) in [6.45, 7) is 9.53. The number of aryl methyl sites for hydroxylation is 1. The SMILES string of the molecule is C=C(C)C(=O)OCC(C)CSc1ccc2cc(-c3ccc(CCCCC)cc3OC(F)(F)F)oc2c1. The summed E-state index contributed by atoms with van der Waals surface area (Å²) in [5, 5.41) is 0.780. The molecule has 0 saturated heterocycles. The van der Waals surface area contributed by atoms with Gasteiger partial charge in [-0.1, -0.05) is 39.3 Å². The van der Waals surface area contributed by atoms with Crippen LogP contribution in [0.15, 0.2) is 63.9 Å². The molecule has 0 aliphatic heterocycles. The maximum atomic E-state index is 13.1. The second-order valence-electron chi connectivity index (χ2n) is 8.94. The van der Waals surface area contributed by atoms with Crippen LogP contribution in [0.25, 0.3) is 22.3 Å². The van der Waals surface area contributed by atoms with Crippen LogP contribution in [0.5, 0.6) is 5.75 Å². The van der Waals surface area contributed by atoms with Crippen LogP contribution in [-0.2, 0) is 16.0 Å². The summed E-state index contributed by atoms with van der Waals surface area (Å²) in [7, 11) is 0. The van der Waals surface area contributed by atoms with Gasteiger partial charge in [-0.15, -0.1) is 24.9 Å². The van der Waals surface area contributed by atoms with Crippen LogP contribution >= 0.6 is 11.8 Å². The van der Waals surface area contributed by atoms with Gasteiger partial charge >= 0.3 is 12.3 Å². The van der Waals surface area contributed by atoms with Gasteiger partial charge in [-0.2, -0.15) is 0 Å². The molecule has 4 nitrogen and oxygen atoms in total. The highest BCUT2D eigenvalue weighted by atomic mass is 32.2. The number of hydrogen-bond acceptors (Lipinski definition) is 5. The number of alkyl halides is 3. The average molecular weight is 521 g/mol. The number of thioether (sulfide) groups is 1. The molecule has 8 heteroatoms. The quantitative estimate of drug-likeness (QED) is 0.104. The van der Waals surface area contributed by atoms with Gasteiger partial charge in [0.05, 0.1) is 12.2 Å². The summed E-state index contributed by atoms with van der Waals surface area (Å²) in [6.07, 6.45) is -1.17. The lowest BCUT2D eigenvalue weighted by molar-refractivity contribution is -0.274. The summed E-state index contributed by atoms with van der Waals surface area (Å²) in [5.74, 6) is 0.485. The fourth-order valence-electron chi connectivity index (χ4n) is 3.58. The molecule has 194 valence electrons. The smallest absolute Gasteiger partial charge is 0.462 e. The van der Waals surface area contributed by atoms with Crippen molar-refractivity contribution in [3.63, 3.8) is 0 Å². The van der Waals surface area contributed by atoms with Crippen molar-refractivity contribution in [2.45, 2.75) is 57.7 Å². The Hall–Kier alpha value is -2.87. The number of carbonyl (C=O) groups is 1. The summed E-state index contributed by atoms with van der Waals surface area (Å²) >= 11 is 1.58. The minimum Gasteiger partial charge on any atom is -0.462 e. The Morgan fingerprint density at radius 3 is 2.61 bits per heavy atom. The minimum atomic E-state index is -4.80. The van der Waals surface area contributed by atoms with Crippen LogP contribution in [0.1, 0.15) is 45.6 Å². The molecule has 3 rings (SSSR count). The molecule has 0 spiro atoms. The lowest BCUT2D eigenvalue weighted by atomic mass is 10.0. The number of rotatable bonds is 12. The van der Waals surface area contributed by atoms with E-state index in [0.717, 1.165) is 35.1 Å². The number of hydrogen-bond donors (Lipinski definition) is 0. The molecule has 1 unspecified atom stereocenters. The minimum absolute atomic E-state index is 0.124. The van der Waals surface area contributed by atoms with Gasteiger partial charge in [0, 0.05) is 21.6 Å². The molecule has 2 aromatic carbocycles. The first-order valence-electron chi connectivity index (χ1n) is 11.9. The molecule has 1 aromatic heterocycles. The van der Waals surface area contributed by atoms with E-state index in [1.54, 1.807) is 30.8 Å². The van der Waals surface area contributed by atoms with Crippen LogP contribution in [-0.4, -0.2) is 24.7 Å². The van der Waals surface area contributed by atoms with Gasteiger partial charge < -0.3 is 13.9 Å². The number of fused-ring (bicyclic) bond motifs is 1. The first kappa shape index (κ1) is 27.7. The third kappa shape index (κ3) is 8.08. The van der Waals surface area contributed by atoms with Crippen molar-refractivity contribution in [2.75, 3.05) is 12.4 Å². The Morgan fingerprint density at radius 1 is 1.14 bits per heavy atom. The number of esters is 1. The fourth-order valence-corrected chi connectivity index (χ4v) is 4.50. The molecular weight excluding hydrogens is 489 g/mol. The van der Waals surface area contributed by atoms with E-state index in [1.807, 2.05) is 31.2 Å². The van der Waals surface area contributed by atoms with Gasteiger partial charge in [-0.05, 0) is 67.6 Å². The van der Waals surface area contributed by atoms with Crippen LogP contribution in [0.2, 0.25) is 0 Å². The number of carbonyl (C=O) groups excluding carboxylic acids is 1. The van der Waals surface area contributed by atoms with Crippen molar-refractivity contribution in [3.05, 3.63) is 60.2 Å². The molecule has 0 N–H and O–H groups in total. The zero-order valence-electron chi connectivity index (χ0n) is 20.7. The van der Waals surface area contributed by atoms with Crippen molar-refractivity contribution < 1.29 is 31.9 Å². The van der Waals surface area contributed by atoms with Crippen LogP contribution in [0.3, 0.4) is 0 Å². The third-order valence-corrected chi connectivity index (χ3v) is 6.80. The van der Waals surface area contributed by atoms with E-state index in [-0.39, 0.29) is 17.2 Å². The zero-order chi connectivity index (χ0) is 26.3. The second-order valence-corrected chi connectivity index (χ2v) is 10.0. The predicted molar refractivity (Wildman–Crippen MR) is 137 cm³/mol. The summed E-state index contributed by atoms with van der Waals surface area (Å²) in [4.78, 5) is 12.5. The highest BCUT2D eigenvalue weighted by Crippen LogP contribution is 2.38. The standard InChI is InChI=1S/C28H31F3O4S/c1-5-6-7-8-20-9-12-23(26(13-20)35-28(29,30)31)25-14-21-10-11-22(15-24(21)34-25)36-17-19(4)16-33-27(32)18(2)3/h9-15,19H,2,5-8,16-17H2,1,3-4H3. The Balaban J connectivity index is 1.76. The van der Waals surface area contributed by atoms with Crippen LogP contribution in [0, 0.1) is 5.92 Å². The van der Waals surface area contributed by atoms with Crippen LogP contribution in [0.4, 0.5) is 13.2 Å². The lowest BCUT2D eigenvalue weighted by Crippen LogP contribution is -2.17. The Morgan fingerprint density at radius 2 is 1.92 bits per heavy atom. The van der Waals surface area contributed by atoms with Gasteiger partial charge in [-0.3, -0.25) is 0 Å². The highest BCUT2D eigenvalue weighted by Gasteiger charge is 2.33. The van der Waals surface area contributed by atoms with E-state index in [1.165, 1.54) is 6.07 Å². The van der Waals surface area contributed by atoms with Crippen molar-refractivity contribution in [3.8, 4) is 17.1 Å². The highest BCUT2D eigenvalue weighted by molar-refractivity contribution is 7.99. The fraction of sp³-hybridized carbons (Fsp3) is 0.393. The molecule has 1 atom stereocenters. The molecule has 0 aliphatic rings. The molecule has 0 fully saturated rings. The average Bonchev–Trinajstić information content (AvgIpc) is 3.23. The predicted octanol–water partition coefficient (Wildman–Crippen LogP) is 8.58. The van der Waals surface area contributed by atoms with Gasteiger partial charge in [-0.25, -0.2) is 4.79 Å². The number of ether oxygens (including phenoxy) is 2. The summed E-state index contributed by atoms with van der Waals surface area (Å²) in [5.41, 5.74) is 1.99. The Kier molecular flexibility index (Phi) is 9.54. The van der Waals surface area contributed by atoms with E-state index < -0.39 is 12.3 Å². The topological polar surface area (TPSA) is 48.7 Å². The first-order valence-corrected chi connectivity index (χ1v) is 12.9. The van der Waals surface area contributed by atoms with Gasteiger partial charge in [0.15, 0.2) is 0 Å². The molecule has 3 aromatic rings. The molecule has 1 heterocycles. The molecule has 0 amide bonds. The summed E-state index contributed by atoms with van der Waals surface area (Å²) < 4.78 is 54.9. The third-order valence-electron chi connectivity index (χ3n) is 5.48. The van der Waals surface area contributed by atoms with Gasteiger partial charge in [0.25, 0.3) is 0 Å². The van der Waals surface area contributed by atoms with Gasteiger partial charge in [0.1, 0.15) is 17.1 Å². The molecule has 0 bridgehead atoms.